The van der Waals surface area contributed by atoms with Crippen LogP contribution in [0.5, 0.6) is 5.75 Å². The van der Waals surface area contributed by atoms with Gasteiger partial charge in [-0.25, -0.2) is 0 Å². The van der Waals surface area contributed by atoms with E-state index in [0.717, 1.165) is 62.3 Å². The van der Waals surface area contributed by atoms with Gasteiger partial charge in [0.15, 0.2) is 5.96 Å². The van der Waals surface area contributed by atoms with Crippen molar-refractivity contribution in [3.05, 3.63) is 41.5 Å². The van der Waals surface area contributed by atoms with E-state index in [1.165, 1.54) is 24.8 Å². The van der Waals surface area contributed by atoms with E-state index in [0.29, 0.717) is 6.61 Å². The number of nitrogens with zero attached hydrogens (tertiary/aromatic N) is 5. The van der Waals surface area contributed by atoms with Gasteiger partial charge in [0, 0.05) is 40.0 Å². The van der Waals surface area contributed by atoms with Crippen molar-refractivity contribution in [3.8, 4) is 5.75 Å². The predicted octanol–water partition coefficient (Wildman–Crippen LogP) is 3.45. The molecule has 0 amide bonds. The Morgan fingerprint density at radius 3 is 2.77 bits per heavy atom. The highest BCUT2D eigenvalue weighted by atomic mass is 127. The molecule has 0 fully saturated rings. The lowest BCUT2D eigenvalue weighted by molar-refractivity contribution is 0.281. The van der Waals surface area contributed by atoms with Gasteiger partial charge in [0.1, 0.15) is 24.0 Å². The second-order valence-corrected chi connectivity index (χ2v) is 7.66. The van der Waals surface area contributed by atoms with Crippen LogP contribution < -0.4 is 10.1 Å². The van der Waals surface area contributed by atoms with Crippen molar-refractivity contribution in [1.29, 1.82) is 0 Å². The zero-order valence-electron chi connectivity index (χ0n) is 18.4. The zero-order chi connectivity index (χ0) is 20.5. The number of likely N-dealkylation sites (N-methyl/N-ethyl adjacent to an activating group) is 1. The summed E-state index contributed by atoms with van der Waals surface area (Å²) < 4.78 is 8.15. The van der Waals surface area contributed by atoms with E-state index in [1.807, 2.05) is 26.2 Å². The summed E-state index contributed by atoms with van der Waals surface area (Å²) in [5.41, 5.74) is 1.24. The summed E-state index contributed by atoms with van der Waals surface area (Å²) in [7, 11) is 3.85. The van der Waals surface area contributed by atoms with E-state index in [4.69, 9.17) is 4.74 Å². The predicted molar refractivity (Wildman–Crippen MR) is 132 cm³/mol. The van der Waals surface area contributed by atoms with Crippen LogP contribution in [0.1, 0.15) is 42.9 Å². The van der Waals surface area contributed by atoms with Crippen LogP contribution in [-0.2, 0) is 19.4 Å². The fourth-order valence-corrected chi connectivity index (χ4v) is 3.60. The van der Waals surface area contributed by atoms with Gasteiger partial charge in [0.25, 0.3) is 0 Å². The summed E-state index contributed by atoms with van der Waals surface area (Å²) in [4.78, 5) is 6.48. The highest BCUT2D eigenvalue weighted by molar-refractivity contribution is 14.0. The Hall–Kier alpha value is -1.84. The topological polar surface area (TPSA) is 67.6 Å². The van der Waals surface area contributed by atoms with Crippen LogP contribution in [0.4, 0.5) is 0 Å². The maximum Gasteiger partial charge on any atom is 0.193 e. The van der Waals surface area contributed by atoms with Gasteiger partial charge < -0.3 is 19.5 Å². The summed E-state index contributed by atoms with van der Waals surface area (Å²) in [6, 6.07) is 8.14. The van der Waals surface area contributed by atoms with Crippen molar-refractivity contribution in [2.45, 2.75) is 52.0 Å². The summed E-state index contributed by atoms with van der Waals surface area (Å²) in [5.74, 6) is 4.07. The Labute approximate surface area is 197 Å². The number of aryl methyl sites for hydroxylation is 3. The van der Waals surface area contributed by atoms with Crippen molar-refractivity contribution in [3.63, 3.8) is 0 Å². The normalized spacial score (nSPS) is 13.8. The fourth-order valence-electron chi connectivity index (χ4n) is 3.60. The molecule has 2 heterocycles. The molecule has 1 aromatic carbocycles. The van der Waals surface area contributed by atoms with Gasteiger partial charge in [0.05, 0.1) is 6.54 Å². The number of hydrogen-bond donors (Lipinski definition) is 1. The molecule has 0 saturated carbocycles. The van der Waals surface area contributed by atoms with Crippen molar-refractivity contribution in [1.82, 2.24) is 25.0 Å². The van der Waals surface area contributed by atoms with Crippen molar-refractivity contribution < 1.29 is 4.74 Å². The molecule has 0 aliphatic carbocycles. The minimum absolute atomic E-state index is 0. The number of nitrogens with one attached hydrogen (secondary N) is 1. The van der Waals surface area contributed by atoms with Gasteiger partial charge in [0.2, 0.25) is 0 Å². The minimum atomic E-state index is 0. The van der Waals surface area contributed by atoms with Crippen LogP contribution >= 0.6 is 24.0 Å². The first-order valence-electron chi connectivity index (χ1n) is 10.7. The van der Waals surface area contributed by atoms with Crippen LogP contribution in [0, 0.1) is 6.92 Å². The molecule has 0 unspecified atom stereocenters. The molecule has 30 heavy (non-hydrogen) atoms. The highest BCUT2D eigenvalue weighted by Gasteiger charge is 2.14. The van der Waals surface area contributed by atoms with E-state index in [2.05, 4.69) is 49.0 Å². The molecular formula is C22H35IN6O. The van der Waals surface area contributed by atoms with E-state index in [1.54, 1.807) is 0 Å². The third-order valence-corrected chi connectivity index (χ3v) is 5.34. The van der Waals surface area contributed by atoms with Gasteiger partial charge in [-0.2, -0.15) is 0 Å². The van der Waals surface area contributed by atoms with Gasteiger partial charge in [-0.15, -0.1) is 34.2 Å². The summed E-state index contributed by atoms with van der Waals surface area (Å²) >= 11 is 0. The number of hydrogen-bond acceptors (Lipinski definition) is 4. The molecule has 1 aliphatic heterocycles. The monoisotopic (exact) mass is 526 g/mol. The number of rotatable bonds is 8. The molecule has 0 radical (unpaired) electrons. The average Bonchev–Trinajstić information content (AvgIpc) is 2.95. The van der Waals surface area contributed by atoms with Crippen LogP contribution in [0.25, 0.3) is 0 Å². The molecule has 2 aromatic rings. The quantitative estimate of drug-likeness (QED) is 0.247. The molecule has 7 nitrogen and oxygen atoms in total. The molecule has 1 aliphatic rings. The first-order chi connectivity index (χ1) is 14.2. The lowest BCUT2D eigenvalue weighted by Gasteiger charge is -2.22. The maximum absolute atomic E-state index is 5.82. The third-order valence-electron chi connectivity index (χ3n) is 5.34. The molecule has 8 heteroatoms. The number of aliphatic imine (C=N–C) groups is 1. The van der Waals surface area contributed by atoms with Crippen molar-refractivity contribution >= 4 is 29.9 Å². The number of benzene rings is 1. The Kier molecular flexibility index (Phi) is 10.4. The maximum atomic E-state index is 5.82. The van der Waals surface area contributed by atoms with Crippen LogP contribution in [0.3, 0.4) is 0 Å². The zero-order valence-corrected chi connectivity index (χ0v) is 20.8. The van der Waals surface area contributed by atoms with E-state index >= 15 is 0 Å². The van der Waals surface area contributed by atoms with Crippen LogP contribution in [0.15, 0.2) is 29.3 Å². The molecule has 1 N–H and O–H groups in total. The molecule has 0 atom stereocenters. The number of aromatic nitrogens is 3. The lowest BCUT2D eigenvalue weighted by atomic mass is 10.2. The van der Waals surface area contributed by atoms with Crippen molar-refractivity contribution in [2.24, 2.45) is 4.99 Å². The number of guanidine groups is 1. The van der Waals surface area contributed by atoms with Gasteiger partial charge in [-0.05, 0) is 38.3 Å². The number of fused-ring (bicyclic) bond motifs is 1. The molecule has 3 rings (SSSR count). The van der Waals surface area contributed by atoms with Crippen LogP contribution in [-0.4, -0.2) is 59.4 Å². The summed E-state index contributed by atoms with van der Waals surface area (Å²) in [5, 5.41) is 12.2. The standard InChI is InChI=1S/C22H34N6O.HI/c1-18-10-12-19(13-11-18)29-17-16-27(3)22(23-2)24-14-7-9-21-26-25-20-8-5-4-6-15-28(20)21;/h10-13H,4-9,14-17H2,1-3H3,(H,23,24);1H. The van der Waals surface area contributed by atoms with E-state index in [-0.39, 0.29) is 24.0 Å². The molecule has 166 valence electrons. The SMILES string of the molecule is CN=C(NCCCc1nnc2n1CCCCC2)N(C)CCOc1ccc(C)cc1.I. The molecule has 0 spiro atoms. The van der Waals surface area contributed by atoms with E-state index in [9.17, 15) is 0 Å². The Morgan fingerprint density at radius 2 is 2.00 bits per heavy atom. The lowest BCUT2D eigenvalue weighted by Crippen LogP contribution is -2.41. The minimum Gasteiger partial charge on any atom is -0.492 e. The van der Waals surface area contributed by atoms with Crippen molar-refractivity contribution in [2.75, 3.05) is 33.8 Å². The Balaban J connectivity index is 0.00000320. The molecular weight excluding hydrogens is 491 g/mol. The molecule has 0 saturated heterocycles. The highest BCUT2D eigenvalue weighted by Crippen LogP contribution is 2.15. The van der Waals surface area contributed by atoms with Gasteiger partial charge >= 0.3 is 0 Å². The smallest absolute Gasteiger partial charge is 0.193 e. The Morgan fingerprint density at radius 1 is 1.20 bits per heavy atom. The summed E-state index contributed by atoms with van der Waals surface area (Å²) in [6.45, 7) is 5.39. The fraction of sp³-hybridized carbons (Fsp3) is 0.591. The number of ether oxygens (including phenoxy) is 1. The first kappa shape index (κ1) is 24.4. The largest absolute Gasteiger partial charge is 0.492 e. The van der Waals surface area contributed by atoms with E-state index < -0.39 is 0 Å². The third kappa shape index (κ3) is 7.14. The summed E-state index contributed by atoms with van der Waals surface area (Å²) in [6.07, 6.45) is 6.77. The first-order valence-corrected chi connectivity index (χ1v) is 10.7. The van der Waals surface area contributed by atoms with Crippen LogP contribution in [0.2, 0.25) is 0 Å². The average molecular weight is 526 g/mol. The van der Waals surface area contributed by atoms with Gasteiger partial charge in [-0.1, -0.05) is 24.1 Å². The molecule has 1 aromatic heterocycles. The Bertz CT molecular complexity index is 789. The second kappa shape index (κ2) is 12.8. The van der Waals surface area contributed by atoms with Gasteiger partial charge in [-0.3, -0.25) is 4.99 Å². The molecule has 0 bridgehead atoms. The second-order valence-electron chi connectivity index (χ2n) is 7.66. The number of halogens is 1.